The van der Waals surface area contributed by atoms with Crippen LogP contribution >= 0.6 is 23.1 Å². The van der Waals surface area contributed by atoms with Gasteiger partial charge in [0.2, 0.25) is 11.8 Å². The van der Waals surface area contributed by atoms with E-state index in [2.05, 4.69) is 16.8 Å². The lowest BCUT2D eigenvalue weighted by atomic mass is 10.0. The fraction of sp³-hybridized carbons (Fsp3) is 0.435. The molecule has 2 atom stereocenters. The van der Waals surface area contributed by atoms with Crippen LogP contribution in [0.3, 0.4) is 0 Å². The second-order valence-electron chi connectivity index (χ2n) is 8.58. The Labute approximate surface area is 190 Å². The summed E-state index contributed by atoms with van der Waals surface area (Å²) < 4.78 is 0. The summed E-state index contributed by atoms with van der Waals surface area (Å²) in [6.07, 6.45) is 2.17. The second kappa shape index (κ2) is 7.67. The van der Waals surface area contributed by atoms with Gasteiger partial charge in [-0.2, -0.15) is 0 Å². The van der Waals surface area contributed by atoms with E-state index in [0.29, 0.717) is 36.5 Å². The molecule has 162 valence electrons. The van der Waals surface area contributed by atoms with Gasteiger partial charge >= 0.3 is 0 Å². The summed E-state index contributed by atoms with van der Waals surface area (Å²) in [5, 5.41) is 5.08. The maximum absolute atomic E-state index is 13.2. The number of nitrogens with one attached hydrogen (secondary N) is 1. The van der Waals surface area contributed by atoms with Gasteiger partial charge in [0.15, 0.2) is 0 Å². The second-order valence-corrected chi connectivity index (χ2v) is 11.1. The molecule has 4 heterocycles. The molecule has 2 fully saturated rings. The van der Waals surface area contributed by atoms with Crippen LogP contribution in [0, 0.1) is 6.92 Å². The fourth-order valence-electron chi connectivity index (χ4n) is 4.83. The van der Waals surface area contributed by atoms with Crippen LogP contribution in [0.2, 0.25) is 0 Å². The van der Waals surface area contributed by atoms with Crippen LogP contribution in [-0.2, 0) is 22.6 Å². The van der Waals surface area contributed by atoms with E-state index in [-0.39, 0.29) is 22.6 Å². The summed E-state index contributed by atoms with van der Waals surface area (Å²) in [7, 11) is 0. The van der Waals surface area contributed by atoms with Gasteiger partial charge in [0, 0.05) is 41.4 Å². The third kappa shape index (κ3) is 3.46. The maximum atomic E-state index is 13.2. The predicted octanol–water partition coefficient (Wildman–Crippen LogP) is 3.65. The predicted molar refractivity (Wildman–Crippen MR) is 123 cm³/mol. The molecule has 0 radical (unpaired) electrons. The molecule has 1 N–H and O–H groups in total. The monoisotopic (exact) mass is 455 g/mol. The van der Waals surface area contributed by atoms with Crippen molar-refractivity contribution in [2.75, 3.05) is 17.6 Å². The number of carbonyl (C=O) groups is 3. The molecule has 0 bridgehead atoms. The van der Waals surface area contributed by atoms with Crippen molar-refractivity contribution >= 4 is 46.5 Å². The molecule has 31 heavy (non-hydrogen) atoms. The molecule has 2 saturated heterocycles. The van der Waals surface area contributed by atoms with Crippen LogP contribution in [-0.4, -0.2) is 50.7 Å². The average Bonchev–Trinajstić information content (AvgIpc) is 3.44. The number of rotatable bonds is 3. The van der Waals surface area contributed by atoms with Crippen molar-refractivity contribution in [2.24, 2.45) is 0 Å². The summed E-state index contributed by atoms with van der Waals surface area (Å²) in [4.78, 5) is 43.4. The summed E-state index contributed by atoms with van der Waals surface area (Å²) >= 11 is 3.43. The van der Waals surface area contributed by atoms with Gasteiger partial charge in [-0.3, -0.25) is 14.4 Å². The molecule has 3 amide bonds. The number of nitrogens with zero attached hydrogens (tertiary/aromatic N) is 2. The van der Waals surface area contributed by atoms with Crippen molar-refractivity contribution in [3.8, 4) is 0 Å². The molecule has 2 aromatic rings. The van der Waals surface area contributed by atoms with Gasteiger partial charge < -0.3 is 15.1 Å². The van der Waals surface area contributed by atoms with Gasteiger partial charge in [0.1, 0.15) is 6.04 Å². The highest BCUT2D eigenvalue weighted by atomic mass is 32.2. The van der Waals surface area contributed by atoms with E-state index in [0.717, 1.165) is 18.4 Å². The summed E-state index contributed by atoms with van der Waals surface area (Å²) in [5.74, 6) is 0.457. The quantitative estimate of drug-likeness (QED) is 0.767. The van der Waals surface area contributed by atoms with E-state index in [1.807, 2.05) is 36.9 Å². The van der Waals surface area contributed by atoms with Gasteiger partial charge in [-0.15, -0.1) is 23.1 Å². The summed E-state index contributed by atoms with van der Waals surface area (Å²) in [6, 6.07) is 7.08. The van der Waals surface area contributed by atoms with E-state index in [4.69, 9.17) is 0 Å². The number of thiophene rings is 1. The lowest BCUT2D eigenvalue weighted by molar-refractivity contribution is -0.135. The SMILES string of the molecule is Cc1c(NC(=O)C2CSC3(C)CCC(=O)N23)cccc1C(=O)N1CCc2sccc2C1. The Morgan fingerprint density at radius 3 is 2.90 bits per heavy atom. The number of benzene rings is 1. The number of hydrogen-bond donors (Lipinski definition) is 1. The van der Waals surface area contributed by atoms with Gasteiger partial charge in [-0.25, -0.2) is 0 Å². The van der Waals surface area contributed by atoms with Crippen LogP contribution in [0.1, 0.15) is 46.1 Å². The Bertz CT molecular complexity index is 1080. The first-order valence-electron chi connectivity index (χ1n) is 10.6. The average molecular weight is 456 g/mol. The number of hydrogen-bond acceptors (Lipinski definition) is 5. The molecule has 3 aliphatic rings. The van der Waals surface area contributed by atoms with Gasteiger partial charge in [-0.1, -0.05) is 6.07 Å². The third-order valence-corrected chi connectivity index (χ3v) is 9.19. The highest BCUT2D eigenvalue weighted by Gasteiger charge is 2.52. The first-order chi connectivity index (χ1) is 14.9. The molecule has 8 heteroatoms. The molecule has 1 aromatic carbocycles. The molecule has 0 aliphatic carbocycles. The first kappa shape index (κ1) is 20.6. The van der Waals surface area contributed by atoms with Gasteiger partial charge in [0.05, 0.1) is 4.87 Å². The van der Waals surface area contributed by atoms with Gasteiger partial charge in [0.25, 0.3) is 5.91 Å². The Kier molecular flexibility index (Phi) is 5.09. The first-order valence-corrected chi connectivity index (χ1v) is 12.4. The van der Waals surface area contributed by atoms with Gasteiger partial charge in [-0.05, 0) is 61.4 Å². The fourth-order valence-corrected chi connectivity index (χ4v) is 7.15. The molecular formula is C23H25N3O3S2. The Morgan fingerprint density at radius 1 is 1.23 bits per heavy atom. The van der Waals surface area contributed by atoms with E-state index >= 15 is 0 Å². The van der Waals surface area contributed by atoms with E-state index < -0.39 is 6.04 Å². The number of fused-ring (bicyclic) bond motifs is 2. The molecule has 5 rings (SSSR count). The lowest BCUT2D eigenvalue weighted by Crippen LogP contribution is -2.48. The largest absolute Gasteiger partial charge is 0.334 e. The minimum Gasteiger partial charge on any atom is -0.334 e. The van der Waals surface area contributed by atoms with E-state index in [9.17, 15) is 14.4 Å². The Hall–Kier alpha value is -2.32. The van der Waals surface area contributed by atoms with Crippen LogP contribution < -0.4 is 5.32 Å². The number of anilines is 1. The molecule has 0 spiro atoms. The van der Waals surface area contributed by atoms with E-state index in [1.165, 1.54) is 10.4 Å². The number of thioether (sulfide) groups is 1. The Morgan fingerprint density at radius 2 is 2.06 bits per heavy atom. The van der Waals surface area contributed by atoms with Crippen molar-refractivity contribution in [3.63, 3.8) is 0 Å². The number of amides is 3. The standard InChI is InChI=1S/C23H25N3O3S2/c1-14-16(22(29)25-10-7-19-15(12-25)8-11-30-19)4-3-5-17(14)24-21(28)18-13-31-23(2)9-6-20(27)26(18)23/h3-5,8,11,18H,6-7,9-10,12-13H2,1-2H3,(H,24,28). The third-order valence-electron chi connectivity index (χ3n) is 6.66. The molecule has 6 nitrogen and oxygen atoms in total. The smallest absolute Gasteiger partial charge is 0.254 e. The topological polar surface area (TPSA) is 69.7 Å². The molecular weight excluding hydrogens is 430 g/mol. The molecule has 3 aliphatic heterocycles. The molecule has 0 saturated carbocycles. The summed E-state index contributed by atoms with van der Waals surface area (Å²) in [6.45, 7) is 5.25. The van der Waals surface area contributed by atoms with Crippen molar-refractivity contribution in [2.45, 2.75) is 50.6 Å². The molecule has 2 unspecified atom stereocenters. The van der Waals surface area contributed by atoms with E-state index in [1.54, 1.807) is 28.0 Å². The maximum Gasteiger partial charge on any atom is 0.254 e. The van der Waals surface area contributed by atoms with Crippen LogP contribution in [0.5, 0.6) is 0 Å². The Balaban J connectivity index is 1.34. The van der Waals surface area contributed by atoms with Crippen LogP contribution in [0.4, 0.5) is 5.69 Å². The van der Waals surface area contributed by atoms with Crippen molar-refractivity contribution in [1.29, 1.82) is 0 Å². The van der Waals surface area contributed by atoms with Crippen molar-refractivity contribution in [1.82, 2.24) is 9.80 Å². The number of carbonyl (C=O) groups excluding carboxylic acids is 3. The normalized spacial score (nSPS) is 24.8. The zero-order valence-electron chi connectivity index (χ0n) is 17.6. The highest BCUT2D eigenvalue weighted by molar-refractivity contribution is 8.01. The zero-order chi connectivity index (χ0) is 21.8. The van der Waals surface area contributed by atoms with Crippen LogP contribution in [0.15, 0.2) is 29.6 Å². The van der Waals surface area contributed by atoms with Crippen molar-refractivity contribution < 1.29 is 14.4 Å². The summed E-state index contributed by atoms with van der Waals surface area (Å²) in [5.41, 5.74) is 3.23. The lowest BCUT2D eigenvalue weighted by Gasteiger charge is -2.30. The minimum absolute atomic E-state index is 0.0100. The minimum atomic E-state index is -0.470. The van der Waals surface area contributed by atoms with Crippen LogP contribution in [0.25, 0.3) is 0 Å². The zero-order valence-corrected chi connectivity index (χ0v) is 19.3. The molecule has 1 aromatic heterocycles. The van der Waals surface area contributed by atoms with Crippen molar-refractivity contribution in [3.05, 3.63) is 51.2 Å². The highest BCUT2D eigenvalue weighted by Crippen LogP contribution is 2.47.